The van der Waals surface area contributed by atoms with Crippen LogP contribution >= 0.6 is 0 Å². The molecule has 3 heterocycles. The molecule has 5 rings (SSSR count). The van der Waals surface area contributed by atoms with Gasteiger partial charge in [-0.3, -0.25) is 9.88 Å². The van der Waals surface area contributed by atoms with Crippen molar-refractivity contribution >= 4 is 16.7 Å². The van der Waals surface area contributed by atoms with Crippen LogP contribution in [0.1, 0.15) is 31.2 Å². The topological polar surface area (TPSA) is 83.4 Å². The van der Waals surface area contributed by atoms with E-state index in [1.165, 1.54) is 19.0 Å². The number of hydrogen-bond donors (Lipinski definition) is 2. The number of nitrogens with zero attached hydrogens (tertiary/aromatic N) is 4. The van der Waals surface area contributed by atoms with E-state index >= 15 is 0 Å². The van der Waals surface area contributed by atoms with Gasteiger partial charge in [0.25, 0.3) is 0 Å². The van der Waals surface area contributed by atoms with Crippen LogP contribution in [0.5, 0.6) is 5.75 Å². The molecule has 0 bridgehead atoms. The monoisotopic (exact) mass is 419 g/mol. The van der Waals surface area contributed by atoms with E-state index in [1.54, 1.807) is 18.6 Å². The number of morpholine rings is 1. The smallest absolute Gasteiger partial charge is 0.137 e. The number of rotatable bonds is 4. The summed E-state index contributed by atoms with van der Waals surface area (Å²) in [6.45, 7) is 5.94. The van der Waals surface area contributed by atoms with Crippen molar-refractivity contribution in [2.75, 3.05) is 31.6 Å². The van der Waals surface area contributed by atoms with Crippen LogP contribution in [-0.2, 0) is 4.74 Å². The molecule has 0 amide bonds. The minimum Gasteiger partial charge on any atom is -0.506 e. The number of pyridine rings is 1. The van der Waals surface area contributed by atoms with Gasteiger partial charge >= 0.3 is 0 Å². The Bertz CT molecular complexity index is 1060. The highest BCUT2D eigenvalue weighted by Crippen LogP contribution is 2.34. The second-order valence-electron chi connectivity index (χ2n) is 8.58. The maximum atomic E-state index is 9.86. The first-order chi connectivity index (χ1) is 15.2. The maximum Gasteiger partial charge on any atom is 0.137 e. The van der Waals surface area contributed by atoms with Crippen molar-refractivity contribution in [3.05, 3.63) is 42.5 Å². The van der Waals surface area contributed by atoms with Gasteiger partial charge in [-0.1, -0.05) is 6.07 Å². The van der Waals surface area contributed by atoms with Crippen molar-refractivity contribution in [2.45, 2.75) is 44.7 Å². The fourth-order valence-electron chi connectivity index (χ4n) is 5.04. The first-order valence-corrected chi connectivity index (χ1v) is 11.2. The third kappa shape index (κ3) is 4.20. The summed E-state index contributed by atoms with van der Waals surface area (Å²) in [5, 5.41) is 14.6. The standard InChI is InChI=1S/C24H29N5O2/c1-16-21(17-12-20(30)14-25-13-17)6-7-22-23(16)24(27-15-26-22)28-18-2-4-19(5-3-18)29-8-10-31-11-9-29/h6-7,12-15,18-19,30H,2-5,8-11H2,1H3,(H,26,27,28). The molecule has 1 saturated heterocycles. The molecule has 2 fully saturated rings. The molecule has 1 saturated carbocycles. The van der Waals surface area contributed by atoms with Crippen molar-refractivity contribution in [1.29, 1.82) is 0 Å². The quantitative estimate of drug-likeness (QED) is 0.666. The van der Waals surface area contributed by atoms with Crippen LogP contribution in [0, 0.1) is 6.92 Å². The number of benzene rings is 1. The van der Waals surface area contributed by atoms with Gasteiger partial charge in [0.05, 0.1) is 24.9 Å². The Morgan fingerprint density at radius 2 is 1.87 bits per heavy atom. The fraction of sp³-hybridized carbons (Fsp3) is 0.458. The average molecular weight is 420 g/mol. The molecule has 0 atom stereocenters. The van der Waals surface area contributed by atoms with Crippen molar-refractivity contribution in [3.8, 4) is 16.9 Å². The fourth-order valence-corrected chi connectivity index (χ4v) is 5.04. The van der Waals surface area contributed by atoms with Gasteiger partial charge in [0.2, 0.25) is 0 Å². The van der Waals surface area contributed by atoms with E-state index in [0.717, 1.165) is 72.6 Å². The largest absolute Gasteiger partial charge is 0.506 e. The third-order valence-electron chi connectivity index (χ3n) is 6.70. The van der Waals surface area contributed by atoms with Crippen LogP contribution in [0.25, 0.3) is 22.0 Å². The summed E-state index contributed by atoms with van der Waals surface area (Å²) in [4.78, 5) is 15.8. The molecule has 0 radical (unpaired) electrons. The molecule has 1 aliphatic heterocycles. The lowest BCUT2D eigenvalue weighted by molar-refractivity contribution is 0.00791. The van der Waals surface area contributed by atoms with Crippen molar-refractivity contribution < 1.29 is 9.84 Å². The first kappa shape index (κ1) is 20.2. The summed E-state index contributed by atoms with van der Waals surface area (Å²) in [6.07, 6.45) is 9.56. The Morgan fingerprint density at radius 1 is 1.06 bits per heavy atom. The van der Waals surface area contributed by atoms with Gasteiger partial charge in [0.15, 0.2) is 0 Å². The number of ether oxygens (including phenoxy) is 1. The number of aromatic hydroxyl groups is 1. The number of fused-ring (bicyclic) bond motifs is 1. The molecule has 2 aromatic heterocycles. The number of nitrogens with one attached hydrogen (secondary N) is 1. The second kappa shape index (κ2) is 8.77. The lowest BCUT2D eigenvalue weighted by Gasteiger charge is -2.39. The number of aryl methyl sites for hydroxylation is 1. The predicted octanol–water partition coefficient (Wildman–Crippen LogP) is 3.76. The first-order valence-electron chi connectivity index (χ1n) is 11.2. The normalized spacial score (nSPS) is 22.5. The zero-order chi connectivity index (χ0) is 21.2. The number of anilines is 1. The van der Waals surface area contributed by atoms with Gasteiger partial charge in [0, 0.05) is 42.3 Å². The summed E-state index contributed by atoms with van der Waals surface area (Å²) in [5.74, 6) is 1.06. The molecule has 3 aromatic rings. The van der Waals surface area contributed by atoms with Gasteiger partial charge in [-0.2, -0.15) is 0 Å². The summed E-state index contributed by atoms with van der Waals surface area (Å²) in [6, 6.07) is 6.89. The molecule has 0 spiro atoms. The summed E-state index contributed by atoms with van der Waals surface area (Å²) in [7, 11) is 0. The molecule has 7 heteroatoms. The van der Waals surface area contributed by atoms with Crippen LogP contribution in [0.3, 0.4) is 0 Å². The highest BCUT2D eigenvalue weighted by atomic mass is 16.5. The lowest BCUT2D eigenvalue weighted by atomic mass is 9.89. The van der Waals surface area contributed by atoms with Crippen molar-refractivity contribution in [1.82, 2.24) is 19.9 Å². The third-order valence-corrected chi connectivity index (χ3v) is 6.70. The lowest BCUT2D eigenvalue weighted by Crippen LogP contribution is -2.46. The van der Waals surface area contributed by atoms with E-state index in [-0.39, 0.29) is 5.75 Å². The predicted molar refractivity (Wildman–Crippen MR) is 121 cm³/mol. The van der Waals surface area contributed by atoms with E-state index in [2.05, 4.69) is 32.1 Å². The Kier molecular flexibility index (Phi) is 5.70. The second-order valence-corrected chi connectivity index (χ2v) is 8.58. The van der Waals surface area contributed by atoms with E-state index in [1.807, 2.05) is 12.1 Å². The summed E-state index contributed by atoms with van der Waals surface area (Å²) < 4.78 is 5.50. The molecule has 7 nitrogen and oxygen atoms in total. The van der Waals surface area contributed by atoms with Crippen molar-refractivity contribution in [2.24, 2.45) is 0 Å². The summed E-state index contributed by atoms with van der Waals surface area (Å²) in [5.41, 5.74) is 3.94. The van der Waals surface area contributed by atoms with E-state index < -0.39 is 0 Å². The van der Waals surface area contributed by atoms with Gasteiger partial charge in [-0.25, -0.2) is 9.97 Å². The minimum atomic E-state index is 0.164. The van der Waals surface area contributed by atoms with Gasteiger partial charge in [-0.05, 0) is 55.9 Å². The zero-order valence-electron chi connectivity index (χ0n) is 17.9. The van der Waals surface area contributed by atoms with Gasteiger partial charge in [0.1, 0.15) is 17.9 Å². The van der Waals surface area contributed by atoms with Crippen LogP contribution < -0.4 is 5.32 Å². The average Bonchev–Trinajstić information content (AvgIpc) is 2.80. The van der Waals surface area contributed by atoms with Crippen LogP contribution in [-0.4, -0.2) is 63.3 Å². The Hall–Kier alpha value is -2.77. The minimum absolute atomic E-state index is 0.164. The Balaban J connectivity index is 1.37. The van der Waals surface area contributed by atoms with E-state index in [0.29, 0.717) is 12.1 Å². The molecule has 162 valence electrons. The van der Waals surface area contributed by atoms with Gasteiger partial charge < -0.3 is 15.2 Å². The molecular formula is C24H29N5O2. The van der Waals surface area contributed by atoms with Crippen LogP contribution in [0.4, 0.5) is 5.82 Å². The molecular weight excluding hydrogens is 390 g/mol. The van der Waals surface area contributed by atoms with Crippen LogP contribution in [0.2, 0.25) is 0 Å². The molecule has 1 aromatic carbocycles. The number of hydrogen-bond acceptors (Lipinski definition) is 7. The van der Waals surface area contributed by atoms with Crippen molar-refractivity contribution in [3.63, 3.8) is 0 Å². The SMILES string of the molecule is Cc1c(-c2cncc(O)c2)ccc2ncnc(NC3CCC(N4CCOCC4)CC3)c12. The zero-order valence-corrected chi connectivity index (χ0v) is 17.9. The Labute approximate surface area is 182 Å². The molecule has 1 aliphatic carbocycles. The van der Waals surface area contributed by atoms with E-state index in [4.69, 9.17) is 4.74 Å². The molecule has 2 aliphatic rings. The van der Waals surface area contributed by atoms with Crippen LogP contribution in [0.15, 0.2) is 36.9 Å². The maximum absolute atomic E-state index is 9.86. The molecule has 31 heavy (non-hydrogen) atoms. The summed E-state index contributed by atoms with van der Waals surface area (Å²) >= 11 is 0. The molecule has 0 unspecified atom stereocenters. The highest BCUT2D eigenvalue weighted by molar-refractivity contribution is 5.96. The van der Waals surface area contributed by atoms with Gasteiger partial charge in [-0.15, -0.1) is 0 Å². The Morgan fingerprint density at radius 3 is 2.65 bits per heavy atom. The molecule has 2 N–H and O–H groups in total. The van der Waals surface area contributed by atoms with E-state index in [9.17, 15) is 5.11 Å². The highest BCUT2D eigenvalue weighted by Gasteiger charge is 2.27. The number of aromatic nitrogens is 3.